The topological polar surface area (TPSA) is 74.6 Å². The Kier molecular flexibility index (Phi) is 22.2. The monoisotopic (exact) mass is 579 g/mol. The first-order chi connectivity index (χ1) is 20.9. The molecule has 2 N–H and O–H groups in total. The first-order valence-corrected chi connectivity index (χ1v) is 17.7. The number of fused-ring (bicyclic) bond motifs is 1. The quantitative estimate of drug-likeness (QED) is 0.0598. The normalized spacial score (nSPS) is 11.8. The van der Waals surface area contributed by atoms with Crippen LogP contribution in [0, 0.1) is 0 Å². The van der Waals surface area contributed by atoms with E-state index < -0.39 is 0 Å². The molecule has 0 saturated heterocycles. The summed E-state index contributed by atoms with van der Waals surface area (Å²) >= 11 is 0. The van der Waals surface area contributed by atoms with Crippen molar-refractivity contribution in [3.8, 4) is 0 Å². The van der Waals surface area contributed by atoms with E-state index in [0.717, 1.165) is 23.6 Å². The zero-order valence-electron chi connectivity index (χ0n) is 27.2. The molecule has 0 bridgehead atoms. The van der Waals surface area contributed by atoms with Crippen LogP contribution < -0.4 is 10.9 Å². The van der Waals surface area contributed by atoms with Crippen LogP contribution in [0.4, 0.5) is 11.6 Å². The molecule has 1 aromatic heterocycles. The minimum atomic E-state index is 0.677. The number of nitrogens with zero attached hydrogens (tertiary/aromatic N) is 4. The fourth-order valence-electron chi connectivity index (χ4n) is 5.41. The number of nitrogens with one attached hydrogen (secondary N) is 2. The molecule has 0 unspecified atom stereocenters. The van der Waals surface area contributed by atoms with Gasteiger partial charge in [-0.05, 0) is 25.7 Å². The molecule has 236 valence electrons. The minimum absolute atomic E-state index is 0.677. The summed E-state index contributed by atoms with van der Waals surface area (Å²) in [4.78, 5) is 0. The molecule has 0 atom stereocenters. The molecule has 0 saturated carbocycles. The highest BCUT2D eigenvalue weighted by molar-refractivity contribution is 5.98. The fourth-order valence-corrected chi connectivity index (χ4v) is 5.41. The van der Waals surface area contributed by atoms with Crippen LogP contribution >= 0.6 is 0 Å². The molecule has 0 aliphatic rings. The Balaban J connectivity index is 1.57. The molecule has 2 rings (SSSR count). The van der Waals surface area contributed by atoms with Gasteiger partial charge in [0.25, 0.3) is 0 Å². The molecule has 0 spiro atoms. The Morgan fingerprint density at radius 3 is 1.12 bits per heavy atom. The maximum atomic E-state index is 4.42. The highest BCUT2D eigenvalue weighted by Gasteiger charge is 2.07. The predicted octanol–water partition coefficient (Wildman–Crippen LogP) is 11.8. The summed E-state index contributed by atoms with van der Waals surface area (Å²) < 4.78 is 0. The summed E-state index contributed by atoms with van der Waals surface area (Å²) in [6, 6.07) is 8.13. The second kappa shape index (κ2) is 26.2. The van der Waals surface area contributed by atoms with Gasteiger partial charge in [0.2, 0.25) is 0 Å². The van der Waals surface area contributed by atoms with Gasteiger partial charge in [-0.1, -0.05) is 167 Å². The molecule has 0 fully saturated rings. The van der Waals surface area contributed by atoms with Gasteiger partial charge in [0.1, 0.15) is 0 Å². The smallest absolute Gasteiger partial charge is 0.176 e. The Bertz CT molecular complexity index is 881. The van der Waals surface area contributed by atoms with Crippen molar-refractivity contribution in [2.75, 3.05) is 10.9 Å². The van der Waals surface area contributed by atoms with Crippen LogP contribution in [0.2, 0.25) is 0 Å². The van der Waals surface area contributed by atoms with Crippen molar-refractivity contribution in [1.82, 2.24) is 10.2 Å². The SMILES string of the molecule is CCCCCCCCCCCCC/C=N\Nc1nnc(N/N=C\CCCCCCCCCCCCC)c2ccccc12. The number of rotatable bonds is 28. The molecule has 0 aliphatic carbocycles. The standard InChI is InChI=1S/C36H62N6/c1-3-5-7-9-11-13-15-17-19-21-23-27-31-37-39-35-33-29-25-26-30-34(33)36(42-41-35)40-38-32-28-24-22-20-18-16-14-12-10-8-6-4-2/h25-26,29-32H,3-24,27-28H2,1-2H3,(H,39,41)(H,40,42)/b37-31-,38-32-. The van der Waals surface area contributed by atoms with Gasteiger partial charge >= 0.3 is 0 Å². The van der Waals surface area contributed by atoms with Crippen LogP contribution in [0.25, 0.3) is 10.8 Å². The molecule has 2 aromatic rings. The number of benzene rings is 1. The summed E-state index contributed by atoms with van der Waals surface area (Å²) in [5, 5.41) is 19.6. The number of hydrogen-bond acceptors (Lipinski definition) is 6. The van der Waals surface area contributed by atoms with E-state index in [1.807, 2.05) is 36.7 Å². The first kappa shape index (κ1) is 35.7. The van der Waals surface area contributed by atoms with E-state index in [0.29, 0.717) is 11.6 Å². The van der Waals surface area contributed by atoms with Crippen molar-refractivity contribution in [3.63, 3.8) is 0 Å². The van der Waals surface area contributed by atoms with Crippen LogP contribution in [0.3, 0.4) is 0 Å². The van der Waals surface area contributed by atoms with Gasteiger partial charge in [-0.25, -0.2) is 0 Å². The van der Waals surface area contributed by atoms with Crippen molar-refractivity contribution in [3.05, 3.63) is 24.3 Å². The molecular weight excluding hydrogens is 516 g/mol. The number of unbranched alkanes of at least 4 members (excludes halogenated alkanes) is 22. The molecule has 42 heavy (non-hydrogen) atoms. The van der Waals surface area contributed by atoms with Crippen LogP contribution in [-0.2, 0) is 0 Å². The lowest BCUT2D eigenvalue weighted by Gasteiger charge is -2.08. The van der Waals surface area contributed by atoms with Gasteiger partial charge < -0.3 is 0 Å². The fraction of sp³-hybridized carbons (Fsp3) is 0.722. The van der Waals surface area contributed by atoms with Crippen molar-refractivity contribution >= 4 is 34.8 Å². The number of anilines is 2. The summed E-state index contributed by atoms with van der Waals surface area (Å²) in [5.41, 5.74) is 6.21. The highest BCUT2D eigenvalue weighted by Crippen LogP contribution is 2.26. The lowest BCUT2D eigenvalue weighted by Crippen LogP contribution is -2.01. The molecule has 6 heteroatoms. The lowest BCUT2D eigenvalue weighted by atomic mass is 10.1. The Labute approximate surface area is 258 Å². The van der Waals surface area contributed by atoms with E-state index in [1.165, 1.54) is 141 Å². The summed E-state index contributed by atoms with van der Waals surface area (Å²) in [6.45, 7) is 4.56. The molecule has 0 amide bonds. The molecule has 0 radical (unpaired) electrons. The van der Waals surface area contributed by atoms with Gasteiger partial charge in [0, 0.05) is 23.2 Å². The second-order valence-corrected chi connectivity index (χ2v) is 11.9. The van der Waals surface area contributed by atoms with Crippen LogP contribution in [0.1, 0.15) is 168 Å². The molecule has 1 heterocycles. The number of aromatic nitrogens is 2. The third-order valence-electron chi connectivity index (χ3n) is 8.08. The molecule has 0 aliphatic heterocycles. The maximum Gasteiger partial charge on any atom is 0.176 e. The summed E-state index contributed by atoms with van der Waals surface area (Å²) in [5.74, 6) is 1.35. The van der Waals surface area contributed by atoms with Gasteiger partial charge in [0.05, 0.1) is 0 Å². The van der Waals surface area contributed by atoms with E-state index in [4.69, 9.17) is 0 Å². The average molecular weight is 579 g/mol. The molecular formula is C36H62N6. The first-order valence-electron chi connectivity index (χ1n) is 17.7. The minimum Gasteiger partial charge on any atom is -0.260 e. The van der Waals surface area contributed by atoms with E-state index in [-0.39, 0.29) is 0 Å². The maximum absolute atomic E-state index is 4.42. The Morgan fingerprint density at radius 2 is 0.786 bits per heavy atom. The third-order valence-corrected chi connectivity index (χ3v) is 8.08. The van der Waals surface area contributed by atoms with Crippen LogP contribution in [0.15, 0.2) is 34.5 Å². The van der Waals surface area contributed by atoms with Crippen molar-refractivity contribution < 1.29 is 0 Å². The summed E-state index contributed by atoms with van der Waals surface area (Å²) in [7, 11) is 0. The van der Waals surface area contributed by atoms with Gasteiger partial charge in [-0.3, -0.25) is 10.9 Å². The van der Waals surface area contributed by atoms with E-state index >= 15 is 0 Å². The van der Waals surface area contributed by atoms with Crippen molar-refractivity contribution in [1.29, 1.82) is 0 Å². The second-order valence-electron chi connectivity index (χ2n) is 11.9. The van der Waals surface area contributed by atoms with E-state index in [1.54, 1.807) is 0 Å². The molecule has 6 nitrogen and oxygen atoms in total. The zero-order chi connectivity index (χ0) is 29.8. The predicted molar refractivity (Wildman–Crippen MR) is 186 cm³/mol. The number of hydrazone groups is 2. The Hall–Kier alpha value is -2.50. The van der Waals surface area contributed by atoms with Gasteiger partial charge in [-0.15, -0.1) is 10.2 Å². The molecule has 1 aromatic carbocycles. The van der Waals surface area contributed by atoms with Gasteiger partial charge in [0.15, 0.2) is 11.6 Å². The highest BCUT2D eigenvalue weighted by atomic mass is 15.4. The number of hydrogen-bond donors (Lipinski definition) is 2. The van der Waals surface area contributed by atoms with Crippen LogP contribution in [0.5, 0.6) is 0 Å². The summed E-state index contributed by atoms with van der Waals surface area (Å²) in [6.07, 6.45) is 35.8. The van der Waals surface area contributed by atoms with E-state index in [2.05, 4.69) is 45.1 Å². The van der Waals surface area contributed by atoms with Gasteiger partial charge in [-0.2, -0.15) is 10.2 Å². The lowest BCUT2D eigenvalue weighted by molar-refractivity contribution is 0.552. The largest absolute Gasteiger partial charge is 0.260 e. The van der Waals surface area contributed by atoms with Crippen LogP contribution in [-0.4, -0.2) is 22.6 Å². The van der Waals surface area contributed by atoms with Crippen molar-refractivity contribution in [2.45, 2.75) is 168 Å². The zero-order valence-corrected chi connectivity index (χ0v) is 27.2. The third kappa shape index (κ3) is 17.5. The average Bonchev–Trinajstić information content (AvgIpc) is 3.02. The Morgan fingerprint density at radius 1 is 0.476 bits per heavy atom. The van der Waals surface area contributed by atoms with Crippen molar-refractivity contribution in [2.24, 2.45) is 10.2 Å². The van der Waals surface area contributed by atoms with E-state index in [9.17, 15) is 0 Å².